The molecular formula is C22H24N2O2. The molecule has 2 N–H and O–H groups in total. The summed E-state index contributed by atoms with van der Waals surface area (Å²) < 4.78 is 0. The smallest absolute Gasteiger partial charge is 0.252 e. The van der Waals surface area contributed by atoms with Gasteiger partial charge in [-0.05, 0) is 29.5 Å². The normalized spacial score (nSPS) is 12.0. The van der Waals surface area contributed by atoms with E-state index in [1.54, 1.807) is 0 Å². The van der Waals surface area contributed by atoms with Gasteiger partial charge in [0, 0.05) is 30.7 Å². The highest BCUT2D eigenvalue weighted by Gasteiger charge is 2.16. The largest absolute Gasteiger partial charge is 0.394 e. The Balaban J connectivity index is 1.86. The Bertz CT molecular complexity index is 891. The summed E-state index contributed by atoms with van der Waals surface area (Å²) in [5, 5.41) is 14.6. The SMILES string of the molecule is CN(C)c1cccc2c(C(=O)N[C@@H](CO)Cc3ccccc3)cccc12. The van der Waals surface area contributed by atoms with Crippen LogP contribution in [0.2, 0.25) is 0 Å². The Hall–Kier alpha value is -2.85. The Morgan fingerprint density at radius 3 is 2.35 bits per heavy atom. The fraction of sp³-hybridized carbons (Fsp3) is 0.227. The molecular weight excluding hydrogens is 324 g/mol. The number of fused-ring (bicyclic) bond motifs is 1. The van der Waals surface area contributed by atoms with Crippen molar-refractivity contribution in [1.29, 1.82) is 0 Å². The van der Waals surface area contributed by atoms with Crippen molar-refractivity contribution in [1.82, 2.24) is 5.32 Å². The zero-order chi connectivity index (χ0) is 18.5. The first-order valence-electron chi connectivity index (χ1n) is 8.75. The maximum absolute atomic E-state index is 12.9. The number of benzene rings is 3. The lowest BCUT2D eigenvalue weighted by Gasteiger charge is -2.19. The second kappa shape index (κ2) is 8.02. The van der Waals surface area contributed by atoms with Crippen molar-refractivity contribution >= 4 is 22.4 Å². The van der Waals surface area contributed by atoms with Gasteiger partial charge in [-0.3, -0.25) is 4.79 Å². The van der Waals surface area contributed by atoms with Crippen molar-refractivity contribution in [3.05, 3.63) is 77.9 Å². The van der Waals surface area contributed by atoms with E-state index in [-0.39, 0.29) is 18.6 Å². The van der Waals surface area contributed by atoms with E-state index in [4.69, 9.17) is 0 Å². The molecule has 134 valence electrons. The van der Waals surface area contributed by atoms with Crippen LogP contribution < -0.4 is 10.2 Å². The van der Waals surface area contributed by atoms with E-state index >= 15 is 0 Å². The maximum Gasteiger partial charge on any atom is 0.252 e. The van der Waals surface area contributed by atoms with E-state index in [2.05, 4.69) is 5.32 Å². The molecule has 0 fully saturated rings. The highest BCUT2D eigenvalue weighted by Crippen LogP contribution is 2.28. The maximum atomic E-state index is 12.9. The Labute approximate surface area is 154 Å². The van der Waals surface area contributed by atoms with Crippen LogP contribution in [-0.4, -0.2) is 37.8 Å². The van der Waals surface area contributed by atoms with Crippen LogP contribution in [0.1, 0.15) is 15.9 Å². The summed E-state index contributed by atoms with van der Waals surface area (Å²) >= 11 is 0. The van der Waals surface area contributed by atoms with Crippen molar-refractivity contribution in [3.8, 4) is 0 Å². The number of hydrogen-bond acceptors (Lipinski definition) is 3. The van der Waals surface area contributed by atoms with Crippen molar-refractivity contribution in [2.75, 3.05) is 25.6 Å². The number of nitrogens with one attached hydrogen (secondary N) is 1. The second-order valence-corrected chi connectivity index (χ2v) is 6.61. The van der Waals surface area contributed by atoms with E-state index in [0.29, 0.717) is 12.0 Å². The first kappa shape index (κ1) is 18.0. The molecule has 3 aromatic carbocycles. The van der Waals surface area contributed by atoms with Crippen LogP contribution in [0.15, 0.2) is 66.7 Å². The van der Waals surface area contributed by atoms with Gasteiger partial charge in [0.15, 0.2) is 0 Å². The van der Waals surface area contributed by atoms with Gasteiger partial charge in [-0.25, -0.2) is 0 Å². The third-order valence-corrected chi connectivity index (χ3v) is 4.51. The molecule has 0 aromatic heterocycles. The van der Waals surface area contributed by atoms with E-state index in [0.717, 1.165) is 22.0 Å². The fourth-order valence-corrected chi connectivity index (χ4v) is 3.20. The van der Waals surface area contributed by atoms with E-state index in [1.807, 2.05) is 85.7 Å². The molecule has 0 unspecified atom stereocenters. The van der Waals surface area contributed by atoms with E-state index < -0.39 is 0 Å². The molecule has 1 atom stereocenters. The molecule has 0 aliphatic rings. The third-order valence-electron chi connectivity index (χ3n) is 4.51. The third kappa shape index (κ3) is 3.86. The molecule has 0 saturated carbocycles. The van der Waals surface area contributed by atoms with Crippen LogP contribution in [0.25, 0.3) is 10.8 Å². The van der Waals surface area contributed by atoms with Gasteiger partial charge in [0.1, 0.15) is 0 Å². The predicted molar refractivity (Wildman–Crippen MR) is 107 cm³/mol. The minimum absolute atomic E-state index is 0.103. The van der Waals surface area contributed by atoms with Gasteiger partial charge in [-0.2, -0.15) is 0 Å². The summed E-state index contributed by atoms with van der Waals surface area (Å²) in [5.74, 6) is -0.165. The molecule has 3 aromatic rings. The van der Waals surface area contributed by atoms with Gasteiger partial charge in [0.25, 0.3) is 5.91 Å². The topological polar surface area (TPSA) is 52.6 Å². The van der Waals surface area contributed by atoms with Gasteiger partial charge in [0.05, 0.1) is 12.6 Å². The van der Waals surface area contributed by atoms with Gasteiger partial charge >= 0.3 is 0 Å². The van der Waals surface area contributed by atoms with Crippen LogP contribution in [0, 0.1) is 0 Å². The highest BCUT2D eigenvalue weighted by molar-refractivity contribution is 6.10. The zero-order valence-electron chi connectivity index (χ0n) is 15.1. The average molecular weight is 348 g/mol. The Morgan fingerprint density at radius 1 is 0.962 bits per heavy atom. The van der Waals surface area contributed by atoms with Crippen LogP contribution in [-0.2, 0) is 6.42 Å². The number of nitrogens with zero attached hydrogens (tertiary/aromatic N) is 1. The standard InChI is InChI=1S/C22H24N2O2/c1-24(2)21-13-7-10-18-19(21)11-6-12-20(18)22(26)23-17(15-25)14-16-8-4-3-5-9-16/h3-13,17,25H,14-15H2,1-2H3,(H,23,26)/t17-/m1/s1. The number of aliphatic hydroxyl groups is 1. The summed E-state index contributed by atoms with van der Waals surface area (Å²) in [7, 11) is 3.98. The number of carbonyl (C=O) groups is 1. The summed E-state index contributed by atoms with van der Waals surface area (Å²) in [6, 6.07) is 21.2. The molecule has 1 amide bonds. The molecule has 0 spiro atoms. The van der Waals surface area contributed by atoms with Crippen LogP contribution in [0.4, 0.5) is 5.69 Å². The van der Waals surface area contributed by atoms with Gasteiger partial charge in [0.2, 0.25) is 0 Å². The molecule has 0 aliphatic carbocycles. The lowest BCUT2D eigenvalue weighted by molar-refractivity contribution is 0.0918. The first-order chi connectivity index (χ1) is 12.6. The number of amides is 1. The summed E-state index contributed by atoms with van der Waals surface area (Å²) in [4.78, 5) is 14.9. The summed E-state index contributed by atoms with van der Waals surface area (Å²) in [5.41, 5.74) is 2.78. The molecule has 0 heterocycles. The zero-order valence-corrected chi connectivity index (χ0v) is 15.1. The van der Waals surface area contributed by atoms with Crippen LogP contribution in [0.3, 0.4) is 0 Å². The van der Waals surface area contributed by atoms with Crippen LogP contribution in [0.5, 0.6) is 0 Å². The average Bonchev–Trinajstić information content (AvgIpc) is 2.67. The molecule has 3 rings (SSSR count). The molecule has 4 nitrogen and oxygen atoms in total. The lowest BCUT2D eigenvalue weighted by atomic mass is 10.0. The van der Waals surface area contributed by atoms with Gasteiger partial charge in [-0.1, -0.05) is 54.6 Å². The molecule has 0 saturated heterocycles. The van der Waals surface area contributed by atoms with Crippen molar-refractivity contribution in [2.24, 2.45) is 0 Å². The number of aliphatic hydroxyl groups excluding tert-OH is 1. The number of anilines is 1. The predicted octanol–water partition coefficient (Wildman–Crippen LogP) is 3.24. The second-order valence-electron chi connectivity index (χ2n) is 6.61. The van der Waals surface area contributed by atoms with Crippen molar-refractivity contribution in [3.63, 3.8) is 0 Å². The number of hydrogen-bond donors (Lipinski definition) is 2. The van der Waals surface area contributed by atoms with E-state index in [9.17, 15) is 9.90 Å². The van der Waals surface area contributed by atoms with E-state index in [1.165, 1.54) is 0 Å². The first-order valence-corrected chi connectivity index (χ1v) is 8.75. The van der Waals surface area contributed by atoms with Crippen LogP contribution >= 0.6 is 0 Å². The number of carbonyl (C=O) groups excluding carboxylic acids is 1. The minimum Gasteiger partial charge on any atom is -0.394 e. The van der Waals surface area contributed by atoms with Crippen molar-refractivity contribution < 1.29 is 9.90 Å². The molecule has 4 heteroatoms. The Kier molecular flexibility index (Phi) is 5.54. The fourth-order valence-electron chi connectivity index (χ4n) is 3.20. The minimum atomic E-state index is -0.322. The van der Waals surface area contributed by atoms with Gasteiger partial charge < -0.3 is 15.3 Å². The molecule has 0 aliphatic heterocycles. The van der Waals surface area contributed by atoms with Gasteiger partial charge in [-0.15, -0.1) is 0 Å². The highest BCUT2D eigenvalue weighted by atomic mass is 16.3. The monoisotopic (exact) mass is 348 g/mol. The summed E-state index contributed by atoms with van der Waals surface area (Å²) in [6.07, 6.45) is 0.594. The molecule has 26 heavy (non-hydrogen) atoms. The lowest BCUT2D eigenvalue weighted by Crippen LogP contribution is -2.39. The molecule has 0 bridgehead atoms. The van der Waals surface area contributed by atoms with Crippen molar-refractivity contribution in [2.45, 2.75) is 12.5 Å². The quantitative estimate of drug-likeness (QED) is 0.719. The summed E-state index contributed by atoms with van der Waals surface area (Å²) in [6.45, 7) is -0.103. The molecule has 0 radical (unpaired) electrons. The number of rotatable bonds is 6. The Morgan fingerprint density at radius 2 is 1.65 bits per heavy atom.